The van der Waals surface area contributed by atoms with E-state index in [4.69, 9.17) is 44.3 Å². The summed E-state index contributed by atoms with van der Waals surface area (Å²) in [5.74, 6) is 0.322. The quantitative estimate of drug-likeness (QED) is 0.386. The molecule has 3 rings (SSSR count). The summed E-state index contributed by atoms with van der Waals surface area (Å²) < 4.78 is 38.3. The van der Waals surface area contributed by atoms with Crippen LogP contribution in [0.4, 0.5) is 5.69 Å². The molecule has 0 spiro atoms. The Labute approximate surface area is 213 Å². The van der Waals surface area contributed by atoms with Gasteiger partial charge in [0.15, 0.2) is 11.5 Å². The summed E-state index contributed by atoms with van der Waals surface area (Å²) in [6.07, 6.45) is 0. The zero-order chi connectivity index (χ0) is 24.9. The Bertz CT molecular complexity index is 1260. The Hall–Kier alpha value is -2.49. The fourth-order valence-electron chi connectivity index (χ4n) is 3.12. The van der Waals surface area contributed by atoms with Crippen molar-refractivity contribution >= 4 is 56.4 Å². The number of carbonyl (C=O) groups is 1. The number of halogens is 3. The Morgan fingerprint density at radius 3 is 2.12 bits per heavy atom. The highest BCUT2D eigenvalue weighted by molar-refractivity contribution is 7.89. The maximum Gasteiger partial charge on any atom is 0.243 e. The highest BCUT2D eigenvalue weighted by Crippen LogP contribution is 2.31. The molecule has 1 N–H and O–H groups in total. The minimum Gasteiger partial charge on any atom is -0.493 e. The fraction of sp³-hybridized carbons (Fsp3) is 0.174. The van der Waals surface area contributed by atoms with Crippen LogP contribution >= 0.6 is 34.8 Å². The Morgan fingerprint density at radius 1 is 0.912 bits per heavy atom. The molecule has 0 atom stereocenters. The van der Waals surface area contributed by atoms with E-state index in [1.807, 2.05) is 0 Å². The third-order valence-corrected chi connectivity index (χ3v) is 7.60. The van der Waals surface area contributed by atoms with E-state index in [2.05, 4.69) is 5.32 Å². The first kappa shape index (κ1) is 26.1. The number of anilines is 1. The Kier molecular flexibility index (Phi) is 8.67. The zero-order valence-electron chi connectivity index (χ0n) is 18.2. The van der Waals surface area contributed by atoms with Crippen LogP contribution in [0.25, 0.3) is 0 Å². The third-order valence-electron chi connectivity index (χ3n) is 4.83. The van der Waals surface area contributed by atoms with Crippen LogP contribution in [-0.4, -0.2) is 39.4 Å². The number of hydrogen-bond donors (Lipinski definition) is 1. The van der Waals surface area contributed by atoms with Crippen molar-refractivity contribution in [1.82, 2.24) is 4.31 Å². The predicted molar refractivity (Wildman–Crippen MR) is 134 cm³/mol. The molecule has 7 nitrogen and oxygen atoms in total. The Morgan fingerprint density at radius 2 is 1.53 bits per heavy atom. The van der Waals surface area contributed by atoms with Crippen molar-refractivity contribution in [3.63, 3.8) is 0 Å². The first-order valence-corrected chi connectivity index (χ1v) is 12.4. The van der Waals surface area contributed by atoms with E-state index in [0.29, 0.717) is 27.8 Å². The molecule has 0 fully saturated rings. The van der Waals surface area contributed by atoms with Crippen molar-refractivity contribution in [3.8, 4) is 11.5 Å². The summed E-state index contributed by atoms with van der Waals surface area (Å²) in [4.78, 5) is 12.9. The second-order valence-electron chi connectivity index (χ2n) is 7.05. The van der Waals surface area contributed by atoms with Gasteiger partial charge in [-0.3, -0.25) is 4.79 Å². The number of methoxy groups -OCH3 is 2. The molecular formula is C23H21Cl3N2O5S. The number of sulfonamides is 1. The molecule has 0 heterocycles. The Balaban J connectivity index is 1.92. The van der Waals surface area contributed by atoms with Gasteiger partial charge < -0.3 is 14.8 Å². The van der Waals surface area contributed by atoms with Crippen molar-refractivity contribution < 1.29 is 22.7 Å². The van der Waals surface area contributed by atoms with Gasteiger partial charge in [0, 0.05) is 38.9 Å². The molecule has 3 aromatic rings. The third kappa shape index (κ3) is 6.14. The molecule has 0 saturated carbocycles. The summed E-state index contributed by atoms with van der Waals surface area (Å²) in [7, 11) is -1.14. The van der Waals surface area contributed by atoms with E-state index in [1.165, 1.54) is 38.5 Å². The topological polar surface area (TPSA) is 84.9 Å². The zero-order valence-corrected chi connectivity index (χ0v) is 21.3. The molecule has 34 heavy (non-hydrogen) atoms. The second-order valence-corrected chi connectivity index (χ2v) is 10.2. The van der Waals surface area contributed by atoms with E-state index in [0.717, 1.165) is 4.31 Å². The number of hydrogen-bond acceptors (Lipinski definition) is 5. The summed E-state index contributed by atoms with van der Waals surface area (Å²) in [6, 6.07) is 15.3. The smallest absolute Gasteiger partial charge is 0.243 e. The summed E-state index contributed by atoms with van der Waals surface area (Å²) >= 11 is 18.4. The first-order valence-electron chi connectivity index (χ1n) is 9.86. The number of carbonyl (C=O) groups excluding carboxylic acids is 1. The van der Waals surface area contributed by atoms with Gasteiger partial charge in [0.2, 0.25) is 15.9 Å². The lowest BCUT2D eigenvalue weighted by Gasteiger charge is -2.23. The molecule has 11 heteroatoms. The minimum absolute atomic E-state index is 0.0287. The molecule has 3 aromatic carbocycles. The average molecular weight is 544 g/mol. The van der Waals surface area contributed by atoms with Crippen molar-refractivity contribution in [2.45, 2.75) is 11.4 Å². The number of benzene rings is 3. The van der Waals surface area contributed by atoms with Gasteiger partial charge in [-0.1, -0.05) is 40.9 Å². The minimum atomic E-state index is -4.11. The van der Waals surface area contributed by atoms with Gasteiger partial charge in [0.05, 0.1) is 25.7 Å². The predicted octanol–water partition coefficient (Wildman–Crippen LogP) is 5.49. The lowest BCUT2D eigenvalue weighted by atomic mass is 10.2. The van der Waals surface area contributed by atoms with E-state index in [-0.39, 0.29) is 21.5 Å². The van der Waals surface area contributed by atoms with Gasteiger partial charge in [0.1, 0.15) is 0 Å². The molecule has 1 amide bonds. The molecule has 0 aliphatic carbocycles. The number of ether oxygens (including phenoxy) is 2. The van der Waals surface area contributed by atoms with Crippen molar-refractivity contribution in [3.05, 3.63) is 81.3 Å². The van der Waals surface area contributed by atoms with Crippen LogP contribution in [0.2, 0.25) is 15.1 Å². The summed E-state index contributed by atoms with van der Waals surface area (Å²) in [5, 5.41) is 3.62. The molecule has 0 aliphatic rings. The SMILES string of the molecule is COc1ccc(NC(=O)CN(Cc2c(Cl)cccc2Cl)S(=O)(=O)c2ccc(Cl)cc2)cc1OC. The fourth-order valence-corrected chi connectivity index (χ4v) is 5.12. The van der Waals surface area contributed by atoms with Gasteiger partial charge >= 0.3 is 0 Å². The van der Waals surface area contributed by atoms with Crippen molar-refractivity contribution in [2.75, 3.05) is 26.1 Å². The number of amides is 1. The molecule has 0 saturated heterocycles. The molecule has 0 radical (unpaired) electrons. The van der Waals surface area contributed by atoms with Gasteiger partial charge in [-0.15, -0.1) is 0 Å². The molecule has 0 unspecified atom stereocenters. The van der Waals surface area contributed by atoms with E-state index in [9.17, 15) is 13.2 Å². The highest BCUT2D eigenvalue weighted by atomic mass is 35.5. The van der Waals surface area contributed by atoms with Crippen LogP contribution in [0.15, 0.2) is 65.6 Å². The van der Waals surface area contributed by atoms with Gasteiger partial charge in [-0.05, 0) is 48.5 Å². The monoisotopic (exact) mass is 542 g/mol. The van der Waals surface area contributed by atoms with Crippen LogP contribution < -0.4 is 14.8 Å². The van der Waals surface area contributed by atoms with E-state index < -0.39 is 22.5 Å². The molecular weight excluding hydrogens is 523 g/mol. The largest absolute Gasteiger partial charge is 0.493 e. The molecule has 0 bridgehead atoms. The number of nitrogens with zero attached hydrogens (tertiary/aromatic N) is 1. The molecule has 180 valence electrons. The first-order chi connectivity index (χ1) is 16.1. The van der Waals surface area contributed by atoms with E-state index >= 15 is 0 Å². The highest BCUT2D eigenvalue weighted by Gasteiger charge is 2.28. The average Bonchev–Trinajstić information content (AvgIpc) is 2.80. The molecule has 0 aliphatic heterocycles. The standard InChI is InChI=1S/C23H21Cl3N2O5S/c1-32-21-11-8-16(12-22(21)33-2)27-23(29)14-28(13-18-19(25)4-3-5-20(18)26)34(30,31)17-9-6-15(24)7-10-17/h3-12H,13-14H2,1-2H3,(H,27,29). The van der Waals surface area contributed by atoms with Crippen molar-refractivity contribution in [1.29, 1.82) is 0 Å². The number of nitrogens with one attached hydrogen (secondary N) is 1. The summed E-state index contributed by atoms with van der Waals surface area (Å²) in [5.41, 5.74) is 0.782. The van der Waals surface area contributed by atoms with Crippen LogP contribution in [0.5, 0.6) is 11.5 Å². The lowest BCUT2D eigenvalue weighted by molar-refractivity contribution is -0.116. The van der Waals surface area contributed by atoms with Crippen LogP contribution in [0, 0.1) is 0 Å². The second kappa shape index (κ2) is 11.3. The normalized spacial score (nSPS) is 11.4. The molecule has 0 aromatic heterocycles. The van der Waals surface area contributed by atoms with Gasteiger partial charge in [0.25, 0.3) is 0 Å². The van der Waals surface area contributed by atoms with E-state index in [1.54, 1.807) is 36.4 Å². The number of rotatable bonds is 9. The van der Waals surface area contributed by atoms with Crippen LogP contribution in [0.3, 0.4) is 0 Å². The maximum absolute atomic E-state index is 13.4. The van der Waals surface area contributed by atoms with Gasteiger partial charge in [-0.25, -0.2) is 8.42 Å². The van der Waals surface area contributed by atoms with Crippen LogP contribution in [-0.2, 0) is 21.4 Å². The van der Waals surface area contributed by atoms with Crippen molar-refractivity contribution in [2.24, 2.45) is 0 Å². The van der Waals surface area contributed by atoms with Crippen LogP contribution in [0.1, 0.15) is 5.56 Å². The maximum atomic E-state index is 13.4. The lowest BCUT2D eigenvalue weighted by Crippen LogP contribution is -2.37. The van der Waals surface area contributed by atoms with Gasteiger partial charge in [-0.2, -0.15) is 4.31 Å². The summed E-state index contributed by atoms with van der Waals surface area (Å²) in [6.45, 7) is -0.719.